The Morgan fingerprint density at radius 2 is 1.69 bits per heavy atom. The van der Waals surface area contributed by atoms with E-state index in [4.69, 9.17) is 4.74 Å². The van der Waals surface area contributed by atoms with Crippen molar-refractivity contribution >= 4 is 22.6 Å². The van der Waals surface area contributed by atoms with E-state index in [0.29, 0.717) is 28.9 Å². The van der Waals surface area contributed by atoms with Crippen molar-refractivity contribution in [2.75, 3.05) is 13.2 Å². The molecule has 1 N–H and O–H groups in total. The maximum atomic E-state index is 12.8. The van der Waals surface area contributed by atoms with E-state index in [2.05, 4.69) is 24.3 Å². The lowest BCUT2D eigenvalue weighted by Gasteiger charge is -2.11. The van der Waals surface area contributed by atoms with E-state index < -0.39 is 12.6 Å². The van der Waals surface area contributed by atoms with E-state index in [0.717, 1.165) is 6.42 Å². The van der Waals surface area contributed by atoms with Crippen LogP contribution in [0, 0.1) is 5.92 Å². The van der Waals surface area contributed by atoms with Gasteiger partial charge in [0.15, 0.2) is 12.3 Å². The van der Waals surface area contributed by atoms with E-state index >= 15 is 0 Å². The highest BCUT2D eigenvalue weighted by molar-refractivity contribution is 6.02. The highest BCUT2D eigenvalue weighted by atomic mass is 16.5. The molecule has 1 amide bonds. The first kappa shape index (κ1) is 20.3. The van der Waals surface area contributed by atoms with Gasteiger partial charge in [-0.3, -0.25) is 9.59 Å². The van der Waals surface area contributed by atoms with Gasteiger partial charge in [0.25, 0.3) is 11.5 Å². The van der Waals surface area contributed by atoms with Crippen molar-refractivity contribution in [1.82, 2.24) is 15.1 Å². The van der Waals surface area contributed by atoms with Crippen LogP contribution in [0.4, 0.5) is 0 Å². The molecule has 7 heteroatoms. The van der Waals surface area contributed by atoms with Gasteiger partial charge in [-0.15, -0.1) is 0 Å². The summed E-state index contributed by atoms with van der Waals surface area (Å²) < 4.78 is 6.33. The average Bonchev–Trinajstić information content (AvgIpc) is 2.73. The van der Waals surface area contributed by atoms with Gasteiger partial charge in [0, 0.05) is 11.9 Å². The molecule has 0 saturated carbocycles. The number of benzene rings is 2. The fourth-order valence-electron chi connectivity index (χ4n) is 2.84. The first-order valence-corrected chi connectivity index (χ1v) is 9.48. The normalized spacial score (nSPS) is 10.9. The van der Waals surface area contributed by atoms with Crippen LogP contribution in [0.2, 0.25) is 0 Å². The van der Waals surface area contributed by atoms with E-state index in [-0.39, 0.29) is 17.2 Å². The zero-order valence-electron chi connectivity index (χ0n) is 16.4. The summed E-state index contributed by atoms with van der Waals surface area (Å²) in [5, 5.41) is 7.68. The molecule has 0 bridgehead atoms. The van der Waals surface area contributed by atoms with Gasteiger partial charge < -0.3 is 10.1 Å². The molecule has 150 valence electrons. The van der Waals surface area contributed by atoms with Gasteiger partial charge >= 0.3 is 5.97 Å². The molecule has 0 spiro atoms. The Kier molecular flexibility index (Phi) is 6.39. The van der Waals surface area contributed by atoms with Crippen molar-refractivity contribution in [2.45, 2.75) is 20.3 Å². The topological polar surface area (TPSA) is 90.3 Å². The minimum absolute atomic E-state index is 0.0148. The Hall–Kier alpha value is -3.48. The highest BCUT2D eigenvalue weighted by Gasteiger charge is 2.19. The van der Waals surface area contributed by atoms with Crippen LogP contribution in [0.15, 0.2) is 59.4 Å². The molecule has 3 aromatic rings. The summed E-state index contributed by atoms with van der Waals surface area (Å²) in [5.74, 6) is -0.669. The summed E-state index contributed by atoms with van der Waals surface area (Å²) in [6.45, 7) is 4.24. The second-order valence-corrected chi connectivity index (χ2v) is 7.06. The van der Waals surface area contributed by atoms with Crippen molar-refractivity contribution in [1.29, 1.82) is 0 Å². The Morgan fingerprint density at radius 1 is 1.03 bits per heavy atom. The Labute approximate surface area is 168 Å². The number of esters is 1. The molecule has 0 aliphatic heterocycles. The second kappa shape index (κ2) is 9.14. The van der Waals surface area contributed by atoms with Gasteiger partial charge in [-0.05, 0) is 30.5 Å². The number of nitrogens with zero attached hydrogens (tertiary/aromatic N) is 2. The number of para-hydroxylation sites is 1. The molecule has 0 aliphatic rings. The van der Waals surface area contributed by atoms with Gasteiger partial charge in [-0.1, -0.05) is 50.2 Å². The molecule has 1 heterocycles. The minimum atomic E-state index is -0.759. The first-order chi connectivity index (χ1) is 14.0. The molecule has 0 fully saturated rings. The van der Waals surface area contributed by atoms with Crippen molar-refractivity contribution in [3.05, 3.63) is 70.6 Å². The number of fused-ring (bicyclic) bond motifs is 1. The van der Waals surface area contributed by atoms with Gasteiger partial charge in [0.05, 0.1) is 11.1 Å². The number of hydrogen-bond acceptors (Lipinski definition) is 5. The fourth-order valence-corrected chi connectivity index (χ4v) is 2.84. The molecule has 3 rings (SSSR count). The van der Waals surface area contributed by atoms with Crippen LogP contribution in [0.5, 0.6) is 0 Å². The minimum Gasteiger partial charge on any atom is -0.451 e. The van der Waals surface area contributed by atoms with Gasteiger partial charge in [-0.25, -0.2) is 4.79 Å². The van der Waals surface area contributed by atoms with Crippen molar-refractivity contribution in [3.8, 4) is 5.69 Å². The van der Waals surface area contributed by atoms with E-state index in [9.17, 15) is 14.4 Å². The van der Waals surface area contributed by atoms with Gasteiger partial charge in [0.1, 0.15) is 0 Å². The third-order valence-electron chi connectivity index (χ3n) is 4.38. The smallest absolute Gasteiger partial charge is 0.359 e. The summed E-state index contributed by atoms with van der Waals surface area (Å²) in [5.41, 5.74) is 0.178. The fraction of sp³-hybridized carbons (Fsp3) is 0.273. The number of ether oxygens (including phenoxy) is 1. The molecule has 0 atom stereocenters. The average molecular weight is 393 g/mol. The lowest BCUT2D eigenvalue weighted by molar-refractivity contribution is -0.124. The SMILES string of the molecule is CC(C)CCNC(=O)COC(=O)c1nn(-c2ccccc2)c(=O)c2ccccc12. The third kappa shape index (κ3) is 4.87. The molecule has 0 saturated heterocycles. The predicted octanol–water partition coefficient (Wildman–Crippen LogP) is 2.70. The van der Waals surface area contributed by atoms with Crippen molar-refractivity contribution < 1.29 is 14.3 Å². The second-order valence-electron chi connectivity index (χ2n) is 7.06. The van der Waals surface area contributed by atoms with Crippen LogP contribution in [-0.2, 0) is 9.53 Å². The number of rotatable bonds is 7. The third-order valence-corrected chi connectivity index (χ3v) is 4.38. The largest absolute Gasteiger partial charge is 0.451 e. The highest BCUT2D eigenvalue weighted by Crippen LogP contribution is 2.16. The van der Waals surface area contributed by atoms with Crippen molar-refractivity contribution in [2.24, 2.45) is 5.92 Å². The summed E-state index contributed by atoms with van der Waals surface area (Å²) in [7, 11) is 0. The summed E-state index contributed by atoms with van der Waals surface area (Å²) in [4.78, 5) is 37.4. The summed E-state index contributed by atoms with van der Waals surface area (Å²) in [6, 6.07) is 15.5. The molecule has 2 aromatic carbocycles. The molecule has 7 nitrogen and oxygen atoms in total. The quantitative estimate of drug-likeness (QED) is 0.624. The van der Waals surface area contributed by atoms with E-state index in [1.807, 2.05) is 6.07 Å². The van der Waals surface area contributed by atoms with Crippen LogP contribution in [0.1, 0.15) is 30.8 Å². The molecule has 0 aliphatic carbocycles. The van der Waals surface area contributed by atoms with Crippen LogP contribution >= 0.6 is 0 Å². The number of nitrogens with one attached hydrogen (secondary N) is 1. The van der Waals surface area contributed by atoms with Crippen LogP contribution in [0.25, 0.3) is 16.5 Å². The maximum Gasteiger partial charge on any atom is 0.359 e. The first-order valence-electron chi connectivity index (χ1n) is 9.48. The zero-order chi connectivity index (χ0) is 20.8. The molecule has 0 unspecified atom stereocenters. The van der Waals surface area contributed by atoms with Crippen molar-refractivity contribution in [3.63, 3.8) is 0 Å². The molecule has 0 radical (unpaired) electrons. The lowest BCUT2D eigenvalue weighted by atomic mass is 10.1. The molecular formula is C22H23N3O4. The van der Waals surface area contributed by atoms with Gasteiger partial charge in [-0.2, -0.15) is 9.78 Å². The monoisotopic (exact) mass is 393 g/mol. The summed E-state index contributed by atoms with van der Waals surface area (Å²) >= 11 is 0. The molecule has 1 aromatic heterocycles. The summed E-state index contributed by atoms with van der Waals surface area (Å²) in [6.07, 6.45) is 0.841. The Balaban J connectivity index is 1.86. The Bertz CT molecular complexity index is 1070. The van der Waals surface area contributed by atoms with E-state index in [1.54, 1.807) is 48.5 Å². The van der Waals surface area contributed by atoms with Crippen LogP contribution in [-0.4, -0.2) is 34.8 Å². The standard InChI is InChI=1S/C22H23N3O4/c1-15(2)12-13-23-19(26)14-29-22(28)20-17-10-6-7-11-18(17)21(27)25(24-20)16-8-4-3-5-9-16/h3-11,15H,12-14H2,1-2H3,(H,23,26). The van der Waals surface area contributed by atoms with Crippen LogP contribution < -0.4 is 10.9 Å². The number of hydrogen-bond donors (Lipinski definition) is 1. The number of aromatic nitrogens is 2. The van der Waals surface area contributed by atoms with Crippen LogP contribution in [0.3, 0.4) is 0 Å². The zero-order valence-corrected chi connectivity index (χ0v) is 16.4. The van der Waals surface area contributed by atoms with Gasteiger partial charge in [0.2, 0.25) is 0 Å². The number of carbonyl (C=O) groups excluding carboxylic acids is 2. The molecular weight excluding hydrogens is 370 g/mol. The maximum absolute atomic E-state index is 12.8. The Morgan fingerprint density at radius 3 is 2.38 bits per heavy atom. The number of amides is 1. The molecule has 29 heavy (non-hydrogen) atoms. The lowest BCUT2D eigenvalue weighted by Crippen LogP contribution is -2.31. The number of carbonyl (C=O) groups is 2. The van der Waals surface area contributed by atoms with E-state index in [1.165, 1.54) is 4.68 Å². The predicted molar refractivity (Wildman–Crippen MR) is 110 cm³/mol.